The summed E-state index contributed by atoms with van der Waals surface area (Å²) in [6.07, 6.45) is 25.4. The van der Waals surface area contributed by atoms with Gasteiger partial charge in [-0.1, -0.05) is 69.7 Å². The van der Waals surface area contributed by atoms with Gasteiger partial charge in [0, 0.05) is 0 Å². The Morgan fingerprint density at radius 2 is 1.69 bits per heavy atom. The smallest absolute Gasteiger partial charge is 0.129 e. The molecule has 0 saturated heterocycles. The van der Waals surface area contributed by atoms with Crippen LogP contribution in [0.5, 0.6) is 0 Å². The lowest BCUT2D eigenvalue weighted by Crippen LogP contribution is -2.35. The Morgan fingerprint density at radius 3 is 2.50 bits per heavy atom. The fraction of sp³-hybridized carbons (Fsp3) is 0.742. The van der Waals surface area contributed by atoms with E-state index in [0.717, 1.165) is 66.4 Å². The highest BCUT2D eigenvalue weighted by atomic mass is 19.1. The summed E-state index contributed by atoms with van der Waals surface area (Å²) in [5.41, 5.74) is 3.30. The highest BCUT2D eigenvalue weighted by Crippen LogP contribution is 2.49. The zero-order valence-corrected chi connectivity index (χ0v) is 20.9. The van der Waals surface area contributed by atoms with E-state index in [9.17, 15) is 0 Å². The normalized spacial score (nSPS) is 30.3. The van der Waals surface area contributed by atoms with Crippen molar-refractivity contribution in [2.24, 2.45) is 29.6 Å². The van der Waals surface area contributed by atoms with Crippen molar-refractivity contribution in [1.29, 1.82) is 0 Å². The predicted octanol–water partition coefficient (Wildman–Crippen LogP) is 9.24. The molecule has 1 heteroatoms. The van der Waals surface area contributed by atoms with Gasteiger partial charge in [-0.3, -0.25) is 0 Å². The summed E-state index contributed by atoms with van der Waals surface area (Å²) < 4.78 is 15.1. The number of allylic oxidation sites excluding steroid dienone is 2. The van der Waals surface area contributed by atoms with Crippen LogP contribution < -0.4 is 0 Å². The molecule has 2 fully saturated rings. The van der Waals surface area contributed by atoms with Crippen LogP contribution in [0.4, 0.5) is 4.39 Å². The van der Waals surface area contributed by atoms with Crippen molar-refractivity contribution >= 4 is 0 Å². The number of unbranched alkanes of at least 4 members (excludes halogenated alkanes) is 3. The second-order valence-electron chi connectivity index (χ2n) is 11.4. The number of hydrogen-bond donors (Lipinski definition) is 0. The van der Waals surface area contributed by atoms with E-state index >= 15 is 4.39 Å². The Labute approximate surface area is 197 Å². The van der Waals surface area contributed by atoms with E-state index in [4.69, 9.17) is 0 Å². The molecule has 1 aromatic carbocycles. The monoisotopic (exact) mass is 438 g/mol. The molecule has 2 saturated carbocycles. The summed E-state index contributed by atoms with van der Waals surface area (Å²) in [5, 5.41) is 0. The molecule has 5 atom stereocenters. The average molecular weight is 439 g/mol. The van der Waals surface area contributed by atoms with Crippen LogP contribution in [0.3, 0.4) is 0 Å². The van der Waals surface area contributed by atoms with Gasteiger partial charge in [0.2, 0.25) is 0 Å². The summed E-state index contributed by atoms with van der Waals surface area (Å²) in [6.45, 7) is 4.35. The number of benzene rings is 1. The first-order chi connectivity index (χ1) is 15.7. The molecule has 0 nitrogen and oxygen atoms in total. The number of aryl methyl sites for hydroxylation is 1. The van der Waals surface area contributed by atoms with Crippen LogP contribution in [0.2, 0.25) is 0 Å². The molecule has 0 aromatic heterocycles. The molecule has 1 aromatic rings. The quantitative estimate of drug-likeness (QED) is 0.266. The first kappa shape index (κ1) is 24.0. The van der Waals surface area contributed by atoms with Gasteiger partial charge in [0.15, 0.2) is 0 Å². The highest BCUT2D eigenvalue weighted by molar-refractivity contribution is 5.36. The number of rotatable bonds is 9. The first-order valence-electron chi connectivity index (χ1n) is 14.1. The van der Waals surface area contributed by atoms with Gasteiger partial charge >= 0.3 is 0 Å². The van der Waals surface area contributed by atoms with Crippen LogP contribution in [0.1, 0.15) is 114 Å². The van der Waals surface area contributed by atoms with Crippen molar-refractivity contribution in [2.75, 3.05) is 0 Å². The third kappa shape index (κ3) is 5.87. The lowest BCUT2D eigenvalue weighted by Gasteiger charge is -2.45. The van der Waals surface area contributed by atoms with Gasteiger partial charge in [-0.15, -0.1) is 0 Å². The largest absolute Gasteiger partial charge is 0.206 e. The fourth-order valence-electron chi connectivity index (χ4n) is 7.46. The second-order valence-corrected chi connectivity index (χ2v) is 11.4. The van der Waals surface area contributed by atoms with E-state index in [1.165, 1.54) is 82.6 Å². The average Bonchev–Trinajstić information content (AvgIpc) is 2.83. The minimum atomic E-state index is 0.117. The van der Waals surface area contributed by atoms with Crippen molar-refractivity contribution in [3.63, 3.8) is 0 Å². The Kier molecular flexibility index (Phi) is 8.90. The molecular formula is C31H47F. The van der Waals surface area contributed by atoms with Gasteiger partial charge in [0.05, 0.1) is 0 Å². The maximum Gasteiger partial charge on any atom is 0.129 e. The zero-order chi connectivity index (χ0) is 22.3. The topological polar surface area (TPSA) is 0 Å². The molecule has 178 valence electrons. The molecule has 0 amide bonds. The number of halogens is 1. The molecule has 0 spiro atoms. The van der Waals surface area contributed by atoms with Gasteiger partial charge in [-0.2, -0.15) is 0 Å². The van der Waals surface area contributed by atoms with Crippen molar-refractivity contribution in [3.8, 4) is 0 Å². The third-order valence-corrected chi connectivity index (χ3v) is 9.38. The second kappa shape index (κ2) is 11.8. The molecule has 0 N–H and O–H groups in total. The van der Waals surface area contributed by atoms with Crippen molar-refractivity contribution < 1.29 is 4.39 Å². The molecule has 4 rings (SSSR count). The lowest BCUT2D eigenvalue weighted by atomic mass is 9.60. The van der Waals surface area contributed by atoms with Crippen LogP contribution in [0, 0.1) is 35.4 Å². The summed E-state index contributed by atoms with van der Waals surface area (Å²) >= 11 is 0. The fourth-order valence-corrected chi connectivity index (χ4v) is 7.46. The maximum absolute atomic E-state index is 15.1. The number of fused-ring (bicyclic) bond motifs is 2. The summed E-state index contributed by atoms with van der Waals surface area (Å²) in [5.74, 6) is 4.84. The standard InChI is InChI=1S/C31H47F/c1-3-5-7-9-10-23-12-13-26-21-27(16-15-25(26)20-23)28-18-19-30-29(22-28)17-14-24(31(30)32)11-8-6-4-2/h4,6,14,17,23,25-28H,3,5,7-13,15-16,18-22H2,1-2H3/b6-4+. The van der Waals surface area contributed by atoms with Gasteiger partial charge in [0.1, 0.15) is 5.82 Å². The summed E-state index contributed by atoms with van der Waals surface area (Å²) in [7, 11) is 0. The van der Waals surface area contributed by atoms with E-state index in [0.29, 0.717) is 0 Å². The van der Waals surface area contributed by atoms with Crippen molar-refractivity contribution in [3.05, 3.63) is 46.8 Å². The maximum atomic E-state index is 15.1. The molecule has 0 bridgehead atoms. The van der Waals surface area contributed by atoms with Crippen molar-refractivity contribution in [2.45, 2.75) is 117 Å². The van der Waals surface area contributed by atoms with Gasteiger partial charge < -0.3 is 0 Å². The zero-order valence-electron chi connectivity index (χ0n) is 20.9. The predicted molar refractivity (Wildman–Crippen MR) is 135 cm³/mol. The minimum absolute atomic E-state index is 0.117. The van der Waals surface area contributed by atoms with Gasteiger partial charge in [-0.05, 0) is 117 Å². The molecule has 3 aliphatic carbocycles. The van der Waals surface area contributed by atoms with E-state index in [2.05, 4.69) is 31.2 Å². The van der Waals surface area contributed by atoms with E-state index in [1.807, 2.05) is 6.92 Å². The summed E-state index contributed by atoms with van der Waals surface area (Å²) in [6, 6.07) is 4.35. The number of hydrogen-bond acceptors (Lipinski definition) is 0. The summed E-state index contributed by atoms with van der Waals surface area (Å²) in [4.78, 5) is 0. The van der Waals surface area contributed by atoms with Crippen molar-refractivity contribution in [1.82, 2.24) is 0 Å². The molecule has 0 aliphatic heterocycles. The third-order valence-electron chi connectivity index (χ3n) is 9.38. The van der Waals surface area contributed by atoms with Crippen LogP contribution in [-0.4, -0.2) is 0 Å². The Bertz CT molecular complexity index is 747. The SMILES string of the molecule is C/C=C/CCc1ccc2c(c1F)CCC(C1CCC3CC(CCCCCC)CCC3C1)C2. The Hall–Kier alpha value is -1.11. The van der Waals surface area contributed by atoms with E-state index in [-0.39, 0.29) is 5.82 Å². The van der Waals surface area contributed by atoms with Crippen LogP contribution in [0.25, 0.3) is 0 Å². The Balaban J connectivity index is 1.28. The van der Waals surface area contributed by atoms with Crippen LogP contribution in [0.15, 0.2) is 24.3 Å². The van der Waals surface area contributed by atoms with Crippen LogP contribution in [-0.2, 0) is 19.3 Å². The first-order valence-corrected chi connectivity index (χ1v) is 14.1. The van der Waals surface area contributed by atoms with Gasteiger partial charge in [-0.25, -0.2) is 4.39 Å². The molecule has 32 heavy (non-hydrogen) atoms. The molecule has 0 radical (unpaired) electrons. The van der Waals surface area contributed by atoms with E-state index in [1.54, 1.807) is 0 Å². The minimum Gasteiger partial charge on any atom is -0.206 e. The molecule has 0 heterocycles. The van der Waals surface area contributed by atoms with Crippen LogP contribution >= 0.6 is 0 Å². The molecular weight excluding hydrogens is 391 g/mol. The molecule has 5 unspecified atom stereocenters. The lowest BCUT2D eigenvalue weighted by molar-refractivity contribution is 0.0688. The highest BCUT2D eigenvalue weighted by Gasteiger charge is 2.38. The van der Waals surface area contributed by atoms with E-state index < -0.39 is 0 Å². The van der Waals surface area contributed by atoms with Gasteiger partial charge in [0.25, 0.3) is 0 Å². The Morgan fingerprint density at radius 1 is 0.906 bits per heavy atom. The molecule has 3 aliphatic rings.